The molecule has 0 aliphatic carbocycles. The molecule has 0 atom stereocenters. The van der Waals surface area contributed by atoms with Crippen molar-refractivity contribution in [3.05, 3.63) is 65.7 Å². The molecule has 0 spiro atoms. The minimum atomic E-state index is 0.0124. The van der Waals surface area contributed by atoms with E-state index >= 15 is 0 Å². The first kappa shape index (κ1) is 14.9. The Morgan fingerprint density at radius 1 is 1.10 bits per heavy atom. The van der Waals surface area contributed by atoms with Crippen molar-refractivity contribution in [3.63, 3.8) is 0 Å². The molecule has 0 aromatic heterocycles. The zero-order valence-corrected chi connectivity index (χ0v) is 12.2. The number of carbonyl (C=O) groups excluding carboxylic acids is 1. The lowest BCUT2D eigenvalue weighted by Gasteiger charge is -2.11. The average Bonchev–Trinajstić information content (AvgIpc) is 2.52. The third kappa shape index (κ3) is 4.49. The summed E-state index contributed by atoms with van der Waals surface area (Å²) in [6.45, 7) is 2.00. The van der Waals surface area contributed by atoms with Gasteiger partial charge < -0.3 is 9.47 Å². The molecule has 0 saturated heterocycles. The molecular formula is C18H18O3. The van der Waals surface area contributed by atoms with Gasteiger partial charge in [0.15, 0.2) is 17.3 Å². The molecule has 0 fully saturated rings. The van der Waals surface area contributed by atoms with Crippen molar-refractivity contribution >= 4 is 11.9 Å². The fraction of sp³-hybridized carbons (Fsp3) is 0.167. The molecule has 0 saturated carbocycles. The van der Waals surface area contributed by atoms with Crippen LogP contribution >= 0.6 is 0 Å². The monoisotopic (exact) mass is 282 g/mol. The zero-order valence-electron chi connectivity index (χ0n) is 12.2. The van der Waals surface area contributed by atoms with Crippen LogP contribution in [-0.2, 0) is 11.4 Å². The topological polar surface area (TPSA) is 35.5 Å². The van der Waals surface area contributed by atoms with Gasteiger partial charge in [-0.3, -0.25) is 4.79 Å². The average molecular weight is 282 g/mol. The van der Waals surface area contributed by atoms with Crippen LogP contribution in [0.4, 0.5) is 0 Å². The number of carbonyl (C=O) groups is 1. The SMILES string of the molecule is COc1cc(C=CC(C)=O)ccc1OCc1ccccc1. The van der Waals surface area contributed by atoms with E-state index in [1.54, 1.807) is 13.2 Å². The maximum atomic E-state index is 11.0. The van der Waals surface area contributed by atoms with Gasteiger partial charge in [-0.1, -0.05) is 42.5 Å². The maximum Gasteiger partial charge on any atom is 0.161 e. The highest BCUT2D eigenvalue weighted by molar-refractivity contribution is 5.91. The van der Waals surface area contributed by atoms with Crippen LogP contribution < -0.4 is 9.47 Å². The van der Waals surface area contributed by atoms with E-state index < -0.39 is 0 Å². The van der Waals surface area contributed by atoms with Crippen LogP contribution in [-0.4, -0.2) is 12.9 Å². The maximum absolute atomic E-state index is 11.0. The number of allylic oxidation sites excluding steroid dienone is 1. The molecule has 0 bridgehead atoms. The van der Waals surface area contributed by atoms with Crippen LogP contribution in [0.3, 0.4) is 0 Å². The third-order valence-corrected chi connectivity index (χ3v) is 2.94. The second-order valence-corrected chi connectivity index (χ2v) is 4.63. The van der Waals surface area contributed by atoms with Gasteiger partial charge in [-0.15, -0.1) is 0 Å². The number of ketones is 1. The fourth-order valence-corrected chi connectivity index (χ4v) is 1.86. The molecule has 0 heterocycles. The molecule has 2 aromatic rings. The molecule has 0 amide bonds. The van der Waals surface area contributed by atoms with Crippen molar-refractivity contribution < 1.29 is 14.3 Å². The molecule has 2 aromatic carbocycles. The number of hydrogen-bond donors (Lipinski definition) is 0. The number of benzene rings is 2. The fourth-order valence-electron chi connectivity index (χ4n) is 1.86. The van der Waals surface area contributed by atoms with Crippen molar-refractivity contribution in [2.24, 2.45) is 0 Å². The summed E-state index contributed by atoms with van der Waals surface area (Å²) in [4.78, 5) is 11.0. The Morgan fingerprint density at radius 2 is 1.86 bits per heavy atom. The van der Waals surface area contributed by atoms with E-state index in [2.05, 4.69) is 0 Å². The quantitative estimate of drug-likeness (QED) is 0.754. The lowest BCUT2D eigenvalue weighted by Crippen LogP contribution is -1.97. The Labute approximate surface area is 124 Å². The van der Waals surface area contributed by atoms with E-state index in [0.29, 0.717) is 18.1 Å². The number of methoxy groups -OCH3 is 1. The van der Waals surface area contributed by atoms with Crippen molar-refractivity contribution in [3.8, 4) is 11.5 Å². The predicted molar refractivity (Wildman–Crippen MR) is 83.5 cm³/mol. The second-order valence-electron chi connectivity index (χ2n) is 4.63. The van der Waals surface area contributed by atoms with Gasteiger partial charge in [-0.25, -0.2) is 0 Å². The van der Waals surface area contributed by atoms with E-state index in [-0.39, 0.29) is 5.78 Å². The number of ether oxygens (including phenoxy) is 2. The number of rotatable bonds is 6. The van der Waals surface area contributed by atoms with Crippen molar-refractivity contribution in [1.29, 1.82) is 0 Å². The van der Waals surface area contributed by atoms with E-state index in [4.69, 9.17) is 9.47 Å². The summed E-state index contributed by atoms with van der Waals surface area (Å²) < 4.78 is 11.1. The van der Waals surface area contributed by atoms with E-state index in [0.717, 1.165) is 11.1 Å². The van der Waals surface area contributed by atoms with Crippen LogP contribution in [0.1, 0.15) is 18.1 Å². The Kier molecular flexibility index (Phi) is 5.16. The Hall–Kier alpha value is -2.55. The molecule has 0 unspecified atom stereocenters. The summed E-state index contributed by atoms with van der Waals surface area (Å²) in [5.74, 6) is 1.34. The first-order chi connectivity index (χ1) is 10.2. The second kappa shape index (κ2) is 7.29. The summed E-state index contributed by atoms with van der Waals surface area (Å²) in [5.41, 5.74) is 1.99. The van der Waals surface area contributed by atoms with Gasteiger partial charge in [-0.2, -0.15) is 0 Å². The molecule has 108 valence electrons. The molecule has 21 heavy (non-hydrogen) atoms. The lowest BCUT2D eigenvalue weighted by molar-refractivity contribution is -0.112. The summed E-state index contributed by atoms with van der Waals surface area (Å²) in [5, 5.41) is 0. The first-order valence-corrected chi connectivity index (χ1v) is 6.72. The van der Waals surface area contributed by atoms with Gasteiger partial charge in [0.1, 0.15) is 6.61 Å². The smallest absolute Gasteiger partial charge is 0.161 e. The van der Waals surface area contributed by atoms with Gasteiger partial charge in [0, 0.05) is 0 Å². The van der Waals surface area contributed by atoms with Gasteiger partial charge in [0.2, 0.25) is 0 Å². The largest absolute Gasteiger partial charge is 0.493 e. The van der Waals surface area contributed by atoms with Crippen molar-refractivity contribution in [2.75, 3.05) is 7.11 Å². The molecular weight excluding hydrogens is 264 g/mol. The zero-order chi connectivity index (χ0) is 15.1. The lowest BCUT2D eigenvalue weighted by atomic mass is 10.1. The van der Waals surface area contributed by atoms with Crippen LogP contribution in [0.15, 0.2) is 54.6 Å². The molecule has 0 aliphatic heterocycles. The normalized spacial score (nSPS) is 10.6. The summed E-state index contributed by atoms with van der Waals surface area (Å²) >= 11 is 0. The van der Waals surface area contributed by atoms with E-state index in [1.807, 2.05) is 48.5 Å². The highest BCUT2D eigenvalue weighted by Crippen LogP contribution is 2.29. The molecule has 2 rings (SSSR count). The van der Waals surface area contributed by atoms with Crippen LogP contribution in [0.2, 0.25) is 0 Å². The number of hydrogen-bond acceptors (Lipinski definition) is 3. The highest BCUT2D eigenvalue weighted by atomic mass is 16.5. The molecule has 3 nitrogen and oxygen atoms in total. The summed E-state index contributed by atoms with van der Waals surface area (Å²) in [6.07, 6.45) is 3.28. The van der Waals surface area contributed by atoms with Crippen LogP contribution in [0.25, 0.3) is 6.08 Å². The van der Waals surface area contributed by atoms with E-state index in [1.165, 1.54) is 13.0 Å². The van der Waals surface area contributed by atoms with Gasteiger partial charge in [0.05, 0.1) is 7.11 Å². The van der Waals surface area contributed by atoms with Gasteiger partial charge in [0.25, 0.3) is 0 Å². The van der Waals surface area contributed by atoms with Gasteiger partial charge >= 0.3 is 0 Å². The van der Waals surface area contributed by atoms with Gasteiger partial charge in [-0.05, 0) is 36.3 Å². The Bertz CT molecular complexity index is 630. The van der Waals surface area contributed by atoms with Crippen LogP contribution in [0, 0.1) is 0 Å². The molecule has 0 N–H and O–H groups in total. The minimum absolute atomic E-state index is 0.0124. The molecule has 0 aliphatic rings. The summed E-state index contributed by atoms with van der Waals surface area (Å²) in [7, 11) is 1.60. The minimum Gasteiger partial charge on any atom is -0.493 e. The molecule has 3 heteroatoms. The first-order valence-electron chi connectivity index (χ1n) is 6.72. The highest BCUT2D eigenvalue weighted by Gasteiger charge is 2.05. The molecule has 0 radical (unpaired) electrons. The summed E-state index contributed by atoms with van der Waals surface area (Å²) in [6, 6.07) is 15.5. The van der Waals surface area contributed by atoms with Crippen molar-refractivity contribution in [1.82, 2.24) is 0 Å². The third-order valence-electron chi connectivity index (χ3n) is 2.94. The van der Waals surface area contributed by atoms with Crippen molar-refractivity contribution in [2.45, 2.75) is 13.5 Å². The predicted octanol–water partition coefficient (Wildman–Crippen LogP) is 3.88. The van der Waals surface area contributed by atoms with E-state index in [9.17, 15) is 4.79 Å². The van der Waals surface area contributed by atoms with Crippen LogP contribution in [0.5, 0.6) is 11.5 Å². The standard InChI is InChI=1S/C18H18O3/c1-14(19)8-9-15-10-11-17(18(12-15)20-2)21-13-16-6-4-3-5-7-16/h3-12H,13H2,1-2H3. The Balaban J connectivity index is 2.11. The Morgan fingerprint density at radius 3 is 2.52 bits per heavy atom.